The predicted molar refractivity (Wildman–Crippen MR) is 262 cm³/mol. The van der Waals surface area contributed by atoms with Crippen molar-refractivity contribution in [3.8, 4) is 22.9 Å². The van der Waals surface area contributed by atoms with E-state index in [0.29, 0.717) is 61.3 Å². The summed E-state index contributed by atoms with van der Waals surface area (Å²) in [6, 6.07) is 25.0. The van der Waals surface area contributed by atoms with Gasteiger partial charge in [-0.1, -0.05) is 36.4 Å². The van der Waals surface area contributed by atoms with Gasteiger partial charge >= 0.3 is 0 Å². The first-order valence-corrected chi connectivity index (χ1v) is 23.2. The summed E-state index contributed by atoms with van der Waals surface area (Å²) < 4.78 is 42.6. The van der Waals surface area contributed by atoms with Crippen molar-refractivity contribution in [3.05, 3.63) is 179 Å². The van der Waals surface area contributed by atoms with E-state index in [1.54, 1.807) is 22.0 Å². The van der Waals surface area contributed by atoms with Gasteiger partial charge in [-0.05, 0) is 111 Å². The van der Waals surface area contributed by atoms with E-state index >= 15 is 0 Å². The Balaban J connectivity index is 0.000000152. The van der Waals surface area contributed by atoms with Gasteiger partial charge in [-0.15, -0.1) is 0 Å². The van der Waals surface area contributed by atoms with Gasteiger partial charge in [0.2, 0.25) is 11.9 Å². The third kappa shape index (κ3) is 9.35. The van der Waals surface area contributed by atoms with Crippen molar-refractivity contribution in [3.63, 3.8) is 0 Å². The molecule has 12 rings (SSSR count). The lowest BCUT2D eigenvalue weighted by Gasteiger charge is -2.16. The van der Waals surface area contributed by atoms with Crippen LogP contribution >= 0.6 is 0 Å². The van der Waals surface area contributed by atoms with Crippen molar-refractivity contribution < 1.29 is 18.3 Å². The number of ether oxygens (including phenoxy) is 2. The Morgan fingerprint density at radius 1 is 0.543 bits per heavy atom. The Hall–Kier alpha value is -8.54. The third-order valence-electron chi connectivity index (χ3n) is 12.6. The van der Waals surface area contributed by atoms with Crippen molar-refractivity contribution in [1.29, 1.82) is 0 Å². The van der Waals surface area contributed by atoms with Gasteiger partial charge in [0.25, 0.3) is 0 Å². The smallest absolute Gasteiger partial charge is 0.229 e. The summed E-state index contributed by atoms with van der Waals surface area (Å²) in [5.41, 5.74) is 9.47. The molecule has 0 saturated carbocycles. The number of halogens is 2. The molecular formula is C52H48F2N14O2. The number of aryl methyl sites for hydroxylation is 2. The molecule has 0 fully saturated rings. The summed E-state index contributed by atoms with van der Waals surface area (Å²) in [6.45, 7) is 5.75. The maximum atomic E-state index is 13.5. The van der Waals surface area contributed by atoms with Gasteiger partial charge in [-0.3, -0.25) is 0 Å². The zero-order valence-corrected chi connectivity index (χ0v) is 38.4. The molecule has 70 heavy (non-hydrogen) atoms. The molecule has 2 aliphatic carbocycles. The highest BCUT2D eigenvalue weighted by molar-refractivity contribution is 5.66. The number of nitrogens with zero attached hydrogens (tertiary/aromatic N) is 10. The van der Waals surface area contributed by atoms with E-state index < -0.39 is 0 Å². The van der Waals surface area contributed by atoms with Crippen LogP contribution in [0, 0.1) is 25.5 Å². The molecule has 8 aromatic rings. The van der Waals surface area contributed by atoms with Crippen molar-refractivity contribution in [1.82, 2.24) is 49.5 Å². The molecule has 4 aromatic carbocycles. The molecule has 18 heteroatoms. The van der Waals surface area contributed by atoms with E-state index in [9.17, 15) is 8.78 Å². The number of rotatable bonds is 4. The van der Waals surface area contributed by atoms with E-state index in [-0.39, 0.29) is 23.5 Å². The van der Waals surface area contributed by atoms with Gasteiger partial charge < -0.3 is 30.7 Å². The van der Waals surface area contributed by atoms with Crippen molar-refractivity contribution in [2.45, 2.75) is 51.4 Å². The third-order valence-corrected chi connectivity index (χ3v) is 12.6. The lowest BCUT2D eigenvalue weighted by molar-refractivity contribution is 0.360. The second-order valence-electron chi connectivity index (χ2n) is 17.2. The molecule has 2 unspecified atom stereocenters. The number of aromatic nitrogens is 10. The molecule has 6 heterocycles. The maximum Gasteiger partial charge on any atom is 0.229 e. The Kier molecular flexibility index (Phi) is 12.1. The molecule has 2 atom stereocenters. The molecule has 4 N–H and O–H groups in total. The molecule has 8 bridgehead atoms. The number of fused-ring (bicyclic) bond motifs is 12. The minimum Gasteiger partial charge on any atom is -0.487 e. The van der Waals surface area contributed by atoms with Gasteiger partial charge in [0, 0.05) is 59.6 Å². The summed E-state index contributed by atoms with van der Waals surface area (Å²) in [6.07, 6.45) is 14.9. The predicted octanol–water partition coefficient (Wildman–Crippen LogP) is 9.37. The lowest BCUT2D eigenvalue weighted by atomic mass is 9.97. The maximum absolute atomic E-state index is 13.5. The largest absolute Gasteiger partial charge is 0.487 e. The van der Waals surface area contributed by atoms with Gasteiger partial charge in [-0.25, -0.2) is 38.1 Å². The summed E-state index contributed by atoms with van der Waals surface area (Å²) >= 11 is 0. The van der Waals surface area contributed by atoms with Crippen LogP contribution in [0.2, 0.25) is 0 Å². The van der Waals surface area contributed by atoms with Crippen LogP contribution < -0.4 is 30.7 Å². The van der Waals surface area contributed by atoms with Crippen LogP contribution in [-0.4, -0.2) is 75.8 Å². The topological polar surface area (TPSA) is 180 Å². The van der Waals surface area contributed by atoms with Crippen LogP contribution in [-0.2, 0) is 12.8 Å². The fourth-order valence-corrected chi connectivity index (χ4v) is 9.23. The van der Waals surface area contributed by atoms with Crippen molar-refractivity contribution >= 4 is 34.9 Å². The average Bonchev–Trinajstić information content (AvgIpc) is 4.19. The monoisotopic (exact) mass is 938 g/mol. The van der Waals surface area contributed by atoms with Gasteiger partial charge in [0.1, 0.15) is 83.7 Å². The highest BCUT2D eigenvalue weighted by atomic mass is 19.1. The van der Waals surface area contributed by atoms with Gasteiger partial charge in [0.05, 0.1) is 11.4 Å². The minimum atomic E-state index is -0.237. The Morgan fingerprint density at radius 3 is 1.40 bits per heavy atom. The standard InChI is InChI=1S/2C26H24FN7O/c2*1-16-29-15-34(33-16)22-11-8-19-14-23(22)35-13-3-2-12-28-25-21-10-9-20(17-4-6-18(27)7-5-17)24(21)31-26(30-19)32-25/h2*2-8,11,14-15,20H,9-10,12-13H2,1H3,(H2,28,30,31,32)/b3-2+;3-2-. The molecule has 0 spiro atoms. The SMILES string of the molecule is Cc1ncn(-c2ccc3cc2OC/C=C/CNc2nc(nc4c2CCC4c2ccc(F)cc2)N3)n1.Cc1ncn(-c2ccc3cc2OC/C=C\CNc2nc(nc4c2CCC4c2ccc(F)cc2)N3)n1. The Labute approximate surface area is 402 Å². The molecule has 4 aliphatic rings. The number of hydrogen-bond acceptors (Lipinski definition) is 14. The summed E-state index contributed by atoms with van der Waals surface area (Å²) in [7, 11) is 0. The highest BCUT2D eigenvalue weighted by Crippen LogP contribution is 2.42. The van der Waals surface area contributed by atoms with Crippen LogP contribution in [0.4, 0.5) is 43.7 Å². The van der Waals surface area contributed by atoms with Crippen molar-refractivity contribution in [2.24, 2.45) is 0 Å². The number of nitrogens with one attached hydrogen (secondary N) is 4. The minimum absolute atomic E-state index is 0.0951. The zero-order valence-electron chi connectivity index (χ0n) is 38.4. The second kappa shape index (κ2) is 19.2. The van der Waals surface area contributed by atoms with Gasteiger partial charge in [0.15, 0.2) is 0 Å². The summed E-state index contributed by atoms with van der Waals surface area (Å²) in [4.78, 5) is 27.9. The van der Waals surface area contributed by atoms with E-state index in [0.717, 1.165) is 93.7 Å². The normalized spacial score (nSPS) is 17.6. The second-order valence-corrected chi connectivity index (χ2v) is 17.2. The van der Waals surface area contributed by atoms with Crippen LogP contribution in [0.3, 0.4) is 0 Å². The first-order chi connectivity index (χ1) is 34.3. The van der Waals surface area contributed by atoms with Crippen LogP contribution in [0.15, 0.2) is 122 Å². The van der Waals surface area contributed by atoms with E-state index in [1.165, 1.54) is 24.3 Å². The van der Waals surface area contributed by atoms with Crippen LogP contribution in [0.5, 0.6) is 11.5 Å². The molecule has 0 radical (unpaired) electrons. The highest BCUT2D eigenvalue weighted by Gasteiger charge is 2.31. The number of anilines is 6. The fourth-order valence-electron chi connectivity index (χ4n) is 9.23. The van der Waals surface area contributed by atoms with Crippen LogP contribution in [0.25, 0.3) is 11.4 Å². The molecule has 352 valence electrons. The number of benzene rings is 4. The number of hydrogen-bond donors (Lipinski definition) is 4. The molecule has 2 aliphatic heterocycles. The average molecular weight is 939 g/mol. The molecule has 0 amide bonds. The fraction of sp³-hybridized carbons (Fsp3) is 0.231. The molecule has 4 aromatic heterocycles. The first-order valence-electron chi connectivity index (χ1n) is 23.2. The van der Waals surface area contributed by atoms with E-state index in [4.69, 9.17) is 29.4 Å². The Bertz CT molecular complexity index is 3040. The van der Waals surface area contributed by atoms with Gasteiger partial charge in [-0.2, -0.15) is 20.2 Å². The zero-order chi connectivity index (χ0) is 47.6. The van der Waals surface area contributed by atoms with Crippen molar-refractivity contribution in [2.75, 3.05) is 47.6 Å². The van der Waals surface area contributed by atoms with E-state index in [1.807, 2.05) is 98.8 Å². The quantitative estimate of drug-likeness (QED) is 0.123. The summed E-state index contributed by atoms with van der Waals surface area (Å²) in [5, 5.41) is 22.4. The van der Waals surface area contributed by atoms with E-state index in [2.05, 4.69) is 41.4 Å². The molecule has 0 saturated heterocycles. The Morgan fingerprint density at radius 2 is 0.986 bits per heavy atom. The molecule has 16 nitrogen and oxygen atoms in total. The summed E-state index contributed by atoms with van der Waals surface area (Å²) in [5.74, 6) is 5.06. The molecular weight excluding hydrogens is 891 g/mol. The first kappa shape index (κ1) is 44.0. The lowest BCUT2D eigenvalue weighted by Crippen LogP contribution is -2.10. The van der Waals surface area contributed by atoms with Crippen LogP contribution in [0.1, 0.15) is 70.0 Å².